The first kappa shape index (κ1) is 21.9. The standard InChI is InChI=1S/C22H16ClFN2O5/c1-3-9-31-19-15(23)11-13(12-18(19)30-4-2)10-14-20(27)25-22(29)26(21(14)28)17-8-6-5-7-16(17)24/h1,5-8,10-12H,4,9H2,2H3,(H,25,27,29)/b14-10-. The molecule has 0 atom stereocenters. The molecule has 1 aliphatic heterocycles. The highest BCUT2D eigenvalue weighted by atomic mass is 35.5. The molecule has 1 N–H and O–H groups in total. The summed E-state index contributed by atoms with van der Waals surface area (Å²) in [5.41, 5.74) is -0.351. The number of barbiturate groups is 1. The number of halogens is 2. The Labute approximate surface area is 182 Å². The Morgan fingerprint density at radius 1 is 1.23 bits per heavy atom. The van der Waals surface area contributed by atoms with Gasteiger partial charge in [-0.3, -0.25) is 14.9 Å². The van der Waals surface area contributed by atoms with E-state index in [4.69, 9.17) is 27.5 Å². The van der Waals surface area contributed by atoms with Crippen molar-refractivity contribution in [2.75, 3.05) is 18.1 Å². The number of carbonyl (C=O) groups is 3. The number of nitrogens with one attached hydrogen (secondary N) is 1. The number of para-hydroxylation sites is 1. The molecule has 158 valence electrons. The van der Waals surface area contributed by atoms with Crippen LogP contribution in [0.3, 0.4) is 0 Å². The lowest BCUT2D eigenvalue weighted by atomic mass is 10.1. The van der Waals surface area contributed by atoms with Crippen molar-refractivity contribution < 1.29 is 28.2 Å². The van der Waals surface area contributed by atoms with Crippen molar-refractivity contribution in [2.24, 2.45) is 0 Å². The minimum absolute atomic E-state index is 0.0408. The van der Waals surface area contributed by atoms with Crippen LogP contribution in [0.1, 0.15) is 12.5 Å². The van der Waals surface area contributed by atoms with Gasteiger partial charge in [0.1, 0.15) is 18.0 Å². The number of hydrogen-bond acceptors (Lipinski definition) is 5. The Morgan fingerprint density at radius 2 is 1.97 bits per heavy atom. The molecule has 1 fully saturated rings. The van der Waals surface area contributed by atoms with Gasteiger partial charge in [-0.05, 0) is 42.8 Å². The van der Waals surface area contributed by atoms with Gasteiger partial charge in [-0.25, -0.2) is 14.1 Å². The van der Waals surface area contributed by atoms with Gasteiger partial charge in [0.25, 0.3) is 11.8 Å². The van der Waals surface area contributed by atoms with Crippen molar-refractivity contribution in [2.45, 2.75) is 6.92 Å². The first-order valence-electron chi connectivity index (χ1n) is 9.06. The zero-order chi connectivity index (χ0) is 22.5. The Kier molecular flexibility index (Phi) is 6.58. The van der Waals surface area contributed by atoms with E-state index in [2.05, 4.69) is 5.92 Å². The zero-order valence-electron chi connectivity index (χ0n) is 16.3. The first-order valence-corrected chi connectivity index (χ1v) is 9.43. The van der Waals surface area contributed by atoms with Crippen molar-refractivity contribution >= 4 is 41.2 Å². The highest BCUT2D eigenvalue weighted by molar-refractivity contribution is 6.39. The summed E-state index contributed by atoms with van der Waals surface area (Å²) in [6, 6.07) is 7.10. The summed E-state index contributed by atoms with van der Waals surface area (Å²) in [5.74, 6) is 0.0793. The van der Waals surface area contributed by atoms with E-state index in [1.54, 1.807) is 6.92 Å². The monoisotopic (exact) mass is 442 g/mol. The molecule has 4 amide bonds. The highest BCUT2D eigenvalue weighted by Crippen LogP contribution is 2.37. The second kappa shape index (κ2) is 9.32. The summed E-state index contributed by atoms with van der Waals surface area (Å²) < 4.78 is 25.1. The van der Waals surface area contributed by atoms with Gasteiger partial charge >= 0.3 is 6.03 Å². The van der Waals surface area contributed by atoms with E-state index in [1.807, 2.05) is 5.32 Å². The highest BCUT2D eigenvalue weighted by Gasteiger charge is 2.38. The van der Waals surface area contributed by atoms with E-state index in [0.29, 0.717) is 10.5 Å². The Bertz CT molecular complexity index is 1140. The van der Waals surface area contributed by atoms with Gasteiger partial charge in [0.05, 0.1) is 17.3 Å². The molecule has 0 unspecified atom stereocenters. The molecule has 1 aliphatic rings. The molecular formula is C22H16ClFN2O5. The van der Waals surface area contributed by atoms with Crippen LogP contribution < -0.4 is 19.7 Å². The molecule has 31 heavy (non-hydrogen) atoms. The summed E-state index contributed by atoms with van der Waals surface area (Å²) >= 11 is 6.26. The predicted octanol–water partition coefficient (Wildman–Crippen LogP) is 3.56. The number of carbonyl (C=O) groups excluding carboxylic acids is 3. The summed E-state index contributed by atoms with van der Waals surface area (Å²) in [7, 11) is 0. The molecule has 2 aromatic carbocycles. The number of ether oxygens (including phenoxy) is 2. The van der Waals surface area contributed by atoms with Crippen LogP contribution in [0.25, 0.3) is 6.08 Å². The van der Waals surface area contributed by atoms with E-state index in [0.717, 1.165) is 6.07 Å². The first-order chi connectivity index (χ1) is 14.9. The molecule has 0 radical (unpaired) electrons. The third-order valence-electron chi connectivity index (χ3n) is 4.14. The fraction of sp³-hybridized carbons (Fsp3) is 0.136. The van der Waals surface area contributed by atoms with Gasteiger partial charge < -0.3 is 9.47 Å². The molecule has 0 saturated carbocycles. The van der Waals surface area contributed by atoms with Crippen LogP contribution in [0.4, 0.5) is 14.9 Å². The van der Waals surface area contributed by atoms with Gasteiger partial charge in [-0.15, -0.1) is 6.42 Å². The number of urea groups is 1. The SMILES string of the molecule is C#CCOc1c(Cl)cc(/C=C2/C(=O)NC(=O)N(c3ccccc3F)C2=O)cc1OCC. The van der Waals surface area contributed by atoms with Crippen LogP contribution >= 0.6 is 11.6 Å². The van der Waals surface area contributed by atoms with Crippen LogP contribution in [0.15, 0.2) is 42.0 Å². The molecule has 1 saturated heterocycles. The molecule has 0 aliphatic carbocycles. The Hall–Kier alpha value is -3.83. The number of amides is 4. The van der Waals surface area contributed by atoms with Crippen molar-refractivity contribution in [1.82, 2.24) is 5.32 Å². The van der Waals surface area contributed by atoms with E-state index >= 15 is 0 Å². The maximum absolute atomic E-state index is 14.2. The van der Waals surface area contributed by atoms with E-state index in [-0.39, 0.29) is 35.4 Å². The van der Waals surface area contributed by atoms with E-state index in [1.165, 1.54) is 36.4 Å². The summed E-state index contributed by atoms with van der Waals surface area (Å²) in [6.07, 6.45) is 6.43. The van der Waals surface area contributed by atoms with Crippen molar-refractivity contribution in [1.29, 1.82) is 0 Å². The van der Waals surface area contributed by atoms with Crippen molar-refractivity contribution in [3.63, 3.8) is 0 Å². The van der Waals surface area contributed by atoms with Crippen LogP contribution in [0.5, 0.6) is 11.5 Å². The van der Waals surface area contributed by atoms with E-state index in [9.17, 15) is 18.8 Å². The minimum atomic E-state index is -1.05. The van der Waals surface area contributed by atoms with Crippen LogP contribution in [-0.4, -0.2) is 31.1 Å². The van der Waals surface area contributed by atoms with Gasteiger partial charge in [-0.1, -0.05) is 29.7 Å². The second-order valence-electron chi connectivity index (χ2n) is 6.17. The number of hydrogen-bond donors (Lipinski definition) is 1. The van der Waals surface area contributed by atoms with Gasteiger partial charge in [0.2, 0.25) is 0 Å². The summed E-state index contributed by atoms with van der Waals surface area (Å²) in [6.45, 7) is 2.00. The number of terminal acetylenes is 1. The lowest BCUT2D eigenvalue weighted by molar-refractivity contribution is -0.122. The van der Waals surface area contributed by atoms with Gasteiger partial charge in [0.15, 0.2) is 11.5 Å². The topological polar surface area (TPSA) is 84.9 Å². The number of imide groups is 2. The van der Waals surface area contributed by atoms with Crippen molar-refractivity contribution in [3.8, 4) is 23.8 Å². The molecule has 3 rings (SSSR count). The summed E-state index contributed by atoms with van der Waals surface area (Å²) in [5, 5.41) is 2.17. The third-order valence-corrected chi connectivity index (χ3v) is 4.42. The zero-order valence-corrected chi connectivity index (χ0v) is 17.0. The van der Waals surface area contributed by atoms with Crippen LogP contribution in [0.2, 0.25) is 5.02 Å². The number of nitrogens with zero attached hydrogens (tertiary/aromatic N) is 1. The molecule has 0 spiro atoms. The van der Waals surface area contributed by atoms with Crippen LogP contribution in [-0.2, 0) is 9.59 Å². The fourth-order valence-corrected chi connectivity index (χ4v) is 3.14. The number of rotatable bonds is 6. The lowest BCUT2D eigenvalue weighted by Gasteiger charge is -2.26. The van der Waals surface area contributed by atoms with E-state index < -0.39 is 29.2 Å². The predicted molar refractivity (Wildman–Crippen MR) is 112 cm³/mol. The normalized spacial score (nSPS) is 15.0. The average Bonchev–Trinajstić information content (AvgIpc) is 2.72. The molecule has 9 heteroatoms. The molecule has 0 aromatic heterocycles. The maximum atomic E-state index is 14.2. The van der Waals surface area contributed by atoms with Crippen LogP contribution in [0, 0.1) is 18.2 Å². The van der Waals surface area contributed by atoms with Gasteiger partial charge in [0, 0.05) is 0 Å². The summed E-state index contributed by atoms with van der Waals surface area (Å²) in [4.78, 5) is 38.0. The number of anilines is 1. The number of benzene rings is 2. The largest absolute Gasteiger partial charge is 0.490 e. The molecule has 7 nitrogen and oxygen atoms in total. The Balaban J connectivity index is 2.04. The Morgan fingerprint density at radius 3 is 2.65 bits per heavy atom. The minimum Gasteiger partial charge on any atom is -0.490 e. The maximum Gasteiger partial charge on any atom is 0.336 e. The quantitative estimate of drug-likeness (QED) is 0.420. The molecular weight excluding hydrogens is 427 g/mol. The molecule has 0 bridgehead atoms. The molecule has 1 heterocycles. The molecule has 2 aromatic rings. The van der Waals surface area contributed by atoms with Crippen molar-refractivity contribution in [3.05, 3.63) is 58.4 Å². The van der Waals surface area contributed by atoms with Gasteiger partial charge in [-0.2, -0.15) is 0 Å². The average molecular weight is 443 g/mol. The smallest absolute Gasteiger partial charge is 0.336 e. The second-order valence-corrected chi connectivity index (χ2v) is 6.57. The lowest BCUT2D eigenvalue weighted by Crippen LogP contribution is -2.54. The third kappa shape index (κ3) is 4.52. The fourth-order valence-electron chi connectivity index (χ4n) is 2.86.